The van der Waals surface area contributed by atoms with Crippen molar-refractivity contribution in [3.63, 3.8) is 0 Å². The molecule has 1 unspecified atom stereocenters. The molecule has 6 heteroatoms. The van der Waals surface area contributed by atoms with E-state index in [-0.39, 0.29) is 17.6 Å². The van der Waals surface area contributed by atoms with Crippen LogP contribution in [0.4, 0.5) is 4.39 Å². The topological polar surface area (TPSA) is 59.2 Å². The van der Waals surface area contributed by atoms with E-state index in [1.165, 1.54) is 17.7 Å². The van der Waals surface area contributed by atoms with Crippen LogP contribution in [0.25, 0.3) is 11.5 Å². The van der Waals surface area contributed by atoms with Crippen molar-refractivity contribution in [2.75, 3.05) is 6.54 Å². The molecule has 1 atom stereocenters. The Morgan fingerprint density at radius 1 is 1.14 bits per heavy atom. The Morgan fingerprint density at radius 3 is 2.54 bits per heavy atom. The molecule has 144 valence electrons. The third-order valence-electron chi connectivity index (χ3n) is 5.13. The number of carbonyl (C=O) groups excluding carboxylic acids is 1. The zero-order valence-electron chi connectivity index (χ0n) is 15.9. The fraction of sp³-hybridized carbons (Fsp3) is 0.318. The number of likely N-dealkylation sites (tertiary alicyclic amines) is 1. The molecule has 5 nitrogen and oxygen atoms in total. The van der Waals surface area contributed by atoms with Crippen LogP contribution in [0.3, 0.4) is 0 Å². The maximum absolute atomic E-state index is 13.1. The molecule has 1 amide bonds. The van der Waals surface area contributed by atoms with Gasteiger partial charge in [-0.1, -0.05) is 43.3 Å². The van der Waals surface area contributed by atoms with Crippen molar-refractivity contribution in [1.82, 2.24) is 15.0 Å². The average Bonchev–Trinajstić information content (AvgIpc) is 3.30. The van der Waals surface area contributed by atoms with E-state index in [1.807, 2.05) is 4.90 Å². The molecule has 0 radical (unpaired) electrons. The van der Waals surface area contributed by atoms with Crippen molar-refractivity contribution in [3.05, 3.63) is 71.3 Å². The Balaban J connectivity index is 1.44. The monoisotopic (exact) mass is 379 g/mol. The molecule has 1 fully saturated rings. The Morgan fingerprint density at radius 2 is 1.86 bits per heavy atom. The van der Waals surface area contributed by atoms with Crippen LogP contribution in [0.15, 0.2) is 53.1 Å². The van der Waals surface area contributed by atoms with E-state index in [4.69, 9.17) is 4.52 Å². The lowest BCUT2D eigenvalue weighted by molar-refractivity contribution is -0.128. The maximum Gasteiger partial charge on any atom is 0.257 e. The molecule has 0 bridgehead atoms. The quantitative estimate of drug-likeness (QED) is 0.654. The predicted molar refractivity (Wildman–Crippen MR) is 103 cm³/mol. The lowest BCUT2D eigenvalue weighted by Gasteiger charge is -2.16. The van der Waals surface area contributed by atoms with Crippen LogP contribution < -0.4 is 0 Å². The number of aromatic nitrogens is 2. The molecule has 4 rings (SSSR count). The predicted octanol–water partition coefficient (Wildman–Crippen LogP) is 4.52. The lowest BCUT2D eigenvalue weighted by Crippen LogP contribution is -2.24. The van der Waals surface area contributed by atoms with Gasteiger partial charge in [-0.25, -0.2) is 4.39 Å². The Kier molecular flexibility index (Phi) is 4.94. The SMILES string of the molecule is CC(C)c1ccc(CN2CC(c3noc(-c4ccc(F)cc4)n3)CC2=O)cc1. The highest BCUT2D eigenvalue weighted by atomic mass is 19.1. The van der Waals surface area contributed by atoms with E-state index in [2.05, 4.69) is 48.3 Å². The van der Waals surface area contributed by atoms with E-state index in [1.54, 1.807) is 12.1 Å². The van der Waals surface area contributed by atoms with E-state index in [0.29, 0.717) is 42.7 Å². The summed E-state index contributed by atoms with van der Waals surface area (Å²) in [6.45, 7) is 5.47. The molecule has 0 spiro atoms. The highest BCUT2D eigenvalue weighted by Gasteiger charge is 2.33. The Hall–Kier alpha value is -3.02. The number of benzene rings is 2. The van der Waals surface area contributed by atoms with Gasteiger partial charge in [0.2, 0.25) is 5.91 Å². The maximum atomic E-state index is 13.1. The van der Waals surface area contributed by atoms with Gasteiger partial charge < -0.3 is 9.42 Å². The van der Waals surface area contributed by atoms with Gasteiger partial charge in [0.15, 0.2) is 5.82 Å². The summed E-state index contributed by atoms with van der Waals surface area (Å²) in [5.41, 5.74) is 3.06. The summed E-state index contributed by atoms with van der Waals surface area (Å²) < 4.78 is 18.4. The highest BCUT2D eigenvalue weighted by Crippen LogP contribution is 2.29. The number of carbonyl (C=O) groups is 1. The van der Waals surface area contributed by atoms with Crippen LogP contribution in [0.5, 0.6) is 0 Å². The van der Waals surface area contributed by atoms with Crippen molar-refractivity contribution in [1.29, 1.82) is 0 Å². The molecule has 0 aliphatic carbocycles. The molecule has 1 aliphatic rings. The molecular weight excluding hydrogens is 357 g/mol. The van der Waals surface area contributed by atoms with Gasteiger partial charge in [0.05, 0.1) is 0 Å². The summed E-state index contributed by atoms with van der Waals surface area (Å²) in [5.74, 6) is 1.02. The van der Waals surface area contributed by atoms with Gasteiger partial charge in [-0.2, -0.15) is 4.98 Å². The third kappa shape index (κ3) is 3.81. The summed E-state index contributed by atoms with van der Waals surface area (Å²) in [5, 5.41) is 4.05. The number of hydrogen-bond donors (Lipinski definition) is 0. The zero-order chi connectivity index (χ0) is 19.7. The minimum Gasteiger partial charge on any atom is -0.338 e. The number of hydrogen-bond acceptors (Lipinski definition) is 4. The van der Waals surface area contributed by atoms with Gasteiger partial charge in [-0.3, -0.25) is 4.79 Å². The summed E-state index contributed by atoms with van der Waals surface area (Å²) in [4.78, 5) is 18.7. The fourth-order valence-electron chi connectivity index (χ4n) is 3.44. The van der Waals surface area contributed by atoms with Gasteiger partial charge >= 0.3 is 0 Å². The molecule has 2 aromatic carbocycles. The second kappa shape index (κ2) is 7.54. The number of halogens is 1. The van der Waals surface area contributed by atoms with Crippen LogP contribution in [0, 0.1) is 5.82 Å². The van der Waals surface area contributed by atoms with Crippen LogP contribution in [-0.4, -0.2) is 27.5 Å². The van der Waals surface area contributed by atoms with E-state index in [9.17, 15) is 9.18 Å². The summed E-state index contributed by atoms with van der Waals surface area (Å²) in [6.07, 6.45) is 0.368. The van der Waals surface area contributed by atoms with Crippen molar-refractivity contribution in [2.24, 2.45) is 0 Å². The molecule has 1 aliphatic heterocycles. The number of nitrogens with zero attached hydrogens (tertiary/aromatic N) is 3. The second-order valence-electron chi connectivity index (χ2n) is 7.54. The molecule has 3 aromatic rings. The average molecular weight is 379 g/mol. The standard InChI is InChI=1S/C22H22FN3O2/c1-14(2)16-5-3-15(4-6-16)12-26-13-18(11-20(26)27)21-24-22(28-25-21)17-7-9-19(23)10-8-17/h3-10,14,18H,11-13H2,1-2H3. The van der Waals surface area contributed by atoms with Crippen molar-refractivity contribution in [3.8, 4) is 11.5 Å². The minimum atomic E-state index is -0.318. The van der Waals surface area contributed by atoms with Crippen molar-refractivity contribution in [2.45, 2.75) is 38.6 Å². The number of rotatable bonds is 5. The first-order valence-electron chi connectivity index (χ1n) is 9.46. The summed E-state index contributed by atoms with van der Waals surface area (Å²) in [6, 6.07) is 14.3. The van der Waals surface area contributed by atoms with Crippen LogP contribution in [0.1, 0.15) is 49.1 Å². The minimum absolute atomic E-state index is 0.0890. The molecule has 0 N–H and O–H groups in total. The highest BCUT2D eigenvalue weighted by molar-refractivity contribution is 5.79. The van der Waals surface area contributed by atoms with Crippen LogP contribution in [0.2, 0.25) is 0 Å². The Labute approximate surface area is 163 Å². The zero-order valence-corrected chi connectivity index (χ0v) is 15.9. The van der Waals surface area contributed by atoms with Crippen molar-refractivity contribution >= 4 is 5.91 Å². The van der Waals surface area contributed by atoms with Crippen LogP contribution >= 0.6 is 0 Å². The van der Waals surface area contributed by atoms with Gasteiger partial charge in [-0.15, -0.1) is 0 Å². The van der Waals surface area contributed by atoms with Gasteiger partial charge in [-0.05, 0) is 41.3 Å². The van der Waals surface area contributed by atoms with E-state index >= 15 is 0 Å². The molecule has 28 heavy (non-hydrogen) atoms. The third-order valence-corrected chi connectivity index (χ3v) is 5.13. The van der Waals surface area contributed by atoms with Gasteiger partial charge in [0, 0.05) is 31.0 Å². The van der Waals surface area contributed by atoms with Crippen molar-refractivity contribution < 1.29 is 13.7 Å². The smallest absolute Gasteiger partial charge is 0.257 e. The first-order valence-corrected chi connectivity index (χ1v) is 9.46. The van der Waals surface area contributed by atoms with Crippen LogP contribution in [-0.2, 0) is 11.3 Å². The molecule has 1 aromatic heterocycles. The van der Waals surface area contributed by atoms with Gasteiger partial charge in [0.25, 0.3) is 5.89 Å². The number of amides is 1. The lowest BCUT2D eigenvalue weighted by atomic mass is 10.0. The van der Waals surface area contributed by atoms with Gasteiger partial charge in [0.1, 0.15) is 5.82 Å². The molecular formula is C22H22FN3O2. The molecule has 1 saturated heterocycles. The first-order chi connectivity index (χ1) is 13.5. The van der Waals surface area contributed by atoms with E-state index in [0.717, 1.165) is 5.56 Å². The van der Waals surface area contributed by atoms with E-state index < -0.39 is 0 Å². The second-order valence-corrected chi connectivity index (χ2v) is 7.54. The Bertz CT molecular complexity index is 964. The molecule has 0 saturated carbocycles. The normalized spacial score (nSPS) is 16.9. The summed E-state index contributed by atoms with van der Waals surface area (Å²) in [7, 11) is 0. The fourth-order valence-corrected chi connectivity index (χ4v) is 3.44. The first kappa shape index (κ1) is 18.3. The summed E-state index contributed by atoms with van der Waals surface area (Å²) >= 11 is 0. The molecule has 2 heterocycles. The largest absolute Gasteiger partial charge is 0.338 e.